The van der Waals surface area contributed by atoms with Crippen LogP contribution in [0, 0.1) is 29.1 Å². The van der Waals surface area contributed by atoms with Crippen LogP contribution >= 0.6 is 0 Å². The molecule has 0 saturated heterocycles. The first-order valence-corrected chi connectivity index (χ1v) is 6.26. The van der Waals surface area contributed by atoms with E-state index in [1.165, 1.54) is 6.42 Å². The average Bonchev–Trinajstić information content (AvgIpc) is 2.63. The molecule has 0 aliphatic heterocycles. The molecular formula is C13H24N2O. The highest BCUT2D eigenvalue weighted by Gasteiger charge is 2.58. The van der Waals surface area contributed by atoms with Crippen LogP contribution in [0.4, 0.5) is 0 Å². The predicted molar refractivity (Wildman–Crippen MR) is 65.8 cm³/mol. The first-order chi connectivity index (χ1) is 7.39. The number of nitrogens with zero attached hydrogens (tertiary/aromatic N) is 2. The molecule has 3 nitrogen and oxygen atoms in total. The zero-order valence-corrected chi connectivity index (χ0v) is 11.1. The molecule has 2 saturated carbocycles. The van der Waals surface area contributed by atoms with Gasteiger partial charge in [0.15, 0.2) is 0 Å². The van der Waals surface area contributed by atoms with Crippen molar-refractivity contribution in [3.05, 3.63) is 0 Å². The highest BCUT2D eigenvalue weighted by molar-refractivity contribution is 5.92. The number of hydrogen-bond acceptors (Lipinski definition) is 3. The molecule has 92 valence electrons. The van der Waals surface area contributed by atoms with Gasteiger partial charge in [0, 0.05) is 18.4 Å². The fourth-order valence-corrected chi connectivity index (χ4v) is 3.94. The summed E-state index contributed by atoms with van der Waals surface area (Å²) in [6.07, 6.45) is 1.21. The van der Waals surface area contributed by atoms with Gasteiger partial charge in [-0.05, 0) is 37.8 Å². The monoisotopic (exact) mass is 224 g/mol. The van der Waals surface area contributed by atoms with Crippen molar-refractivity contribution in [2.24, 2.45) is 34.2 Å². The summed E-state index contributed by atoms with van der Waals surface area (Å²) < 4.78 is 0. The lowest BCUT2D eigenvalue weighted by atomic mass is 9.64. The van der Waals surface area contributed by atoms with Crippen LogP contribution in [0.2, 0.25) is 0 Å². The summed E-state index contributed by atoms with van der Waals surface area (Å²) in [7, 11) is 4.19. The van der Waals surface area contributed by atoms with Gasteiger partial charge in [-0.3, -0.25) is 0 Å². The van der Waals surface area contributed by atoms with Crippen LogP contribution in [0.5, 0.6) is 0 Å². The van der Waals surface area contributed by atoms with E-state index >= 15 is 0 Å². The minimum atomic E-state index is 0.388. The molecule has 2 aliphatic carbocycles. The Morgan fingerprint density at radius 3 is 2.56 bits per heavy atom. The lowest BCUT2D eigenvalue weighted by Gasteiger charge is -2.41. The van der Waals surface area contributed by atoms with E-state index < -0.39 is 0 Å². The third-order valence-electron chi connectivity index (χ3n) is 5.16. The van der Waals surface area contributed by atoms with Crippen LogP contribution in [0.1, 0.15) is 27.2 Å². The molecule has 0 amide bonds. The van der Waals surface area contributed by atoms with Crippen LogP contribution in [0.3, 0.4) is 0 Å². The summed E-state index contributed by atoms with van der Waals surface area (Å²) in [5, 5.41) is 12.8. The van der Waals surface area contributed by atoms with Gasteiger partial charge in [0.05, 0.1) is 5.71 Å². The van der Waals surface area contributed by atoms with E-state index in [4.69, 9.17) is 0 Å². The Balaban J connectivity index is 2.27. The largest absolute Gasteiger partial charge is 0.411 e. The van der Waals surface area contributed by atoms with E-state index in [1.807, 2.05) is 0 Å². The van der Waals surface area contributed by atoms with Crippen LogP contribution in [-0.2, 0) is 0 Å². The summed E-state index contributed by atoms with van der Waals surface area (Å²) in [5.41, 5.74) is 1.45. The lowest BCUT2D eigenvalue weighted by Crippen LogP contribution is -2.43. The fourth-order valence-electron chi connectivity index (χ4n) is 3.94. The second kappa shape index (κ2) is 3.73. The van der Waals surface area contributed by atoms with Crippen molar-refractivity contribution in [3.8, 4) is 0 Å². The van der Waals surface area contributed by atoms with Gasteiger partial charge in [0.1, 0.15) is 0 Å². The van der Waals surface area contributed by atoms with Crippen LogP contribution < -0.4 is 0 Å². The van der Waals surface area contributed by atoms with Crippen molar-refractivity contribution >= 4 is 5.71 Å². The summed E-state index contributed by atoms with van der Waals surface area (Å²) in [5.74, 6) is 2.29. The van der Waals surface area contributed by atoms with Gasteiger partial charge in [0.25, 0.3) is 0 Å². The minimum absolute atomic E-state index is 0.388. The minimum Gasteiger partial charge on any atom is -0.411 e. The van der Waals surface area contributed by atoms with E-state index in [-0.39, 0.29) is 0 Å². The maximum atomic E-state index is 9.23. The first kappa shape index (κ1) is 11.9. The van der Waals surface area contributed by atoms with Gasteiger partial charge in [-0.1, -0.05) is 25.9 Å². The molecule has 16 heavy (non-hydrogen) atoms. The van der Waals surface area contributed by atoms with Gasteiger partial charge < -0.3 is 10.1 Å². The molecule has 0 aromatic carbocycles. The zero-order chi connectivity index (χ0) is 12.1. The van der Waals surface area contributed by atoms with Crippen LogP contribution in [-0.4, -0.2) is 36.5 Å². The molecule has 3 heteroatoms. The van der Waals surface area contributed by atoms with Crippen molar-refractivity contribution in [3.63, 3.8) is 0 Å². The molecule has 2 fully saturated rings. The molecule has 0 unspecified atom stereocenters. The first-order valence-electron chi connectivity index (χ1n) is 6.26. The van der Waals surface area contributed by atoms with E-state index in [9.17, 15) is 5.21 Å². The van der Waals surface area contributed by atoms with Gasteiger partial charge >= 0.3 is 0 Å². The Morgan fingerprint density at radius 2 is 2.06 bits per heavy atom. The van der Waals surface area contributed by atoms with Crippen molar-refractivity contribution in [2.75, 3.05) is 20.6 Å². The highest BCUT2D eigenvalue weighted by atomic mass is 16.4. The number of fused-ring (bicyclic) bond motifs is 2. The number of rotatable bonds is 2. The van der Waals surface area contributed by atoms with Gasteiger partial charge in [0.2, 0.25) is 0 Å². The van der Waals surface area contributed by atoms with E-state index in [2.05, 4.69) is 44.9 Å². The third kappa shape index (κ3) is 1.48. The molecule has 4 atom stereocenters. The quantitative estimate of drug-likeness (QED) is 0.577. The number of hydrogen-bond donors (Lipinski definition) is 1. The zero-order valence-electron chi connectivity index (χ0n) is 11.1. The molecule has 2 aliphatic rings. The molecule has 0 heterocycles. The van der Waals surface area contributed by atoms with Crippen molar-refractivity contribution in [1.29, 1.82) is 0 Å². The molecule has 1 N–H and O–H groups in total. The molecule has 0 radical (unpaired) electrons. The summed E-state index contributed by atoms with van der Waals surface area (Å²) in [4.78, 5) is 2.21. The molecule has 2 bridgehead atoms. The number of oxime groups is 1. The Labute approximate surface area is 98.5 Å². The fraction of sp³-hybridized carbons (Fsp3) is 0.923. The topological polar surface area (TPSA) is 35.8 Å². The maximum absolute atomic E-state index is 9.23. The van der Waals surface area contributed by atoms with Gasteiger partial charge in [-0.2, -0.15) is 0 Å². The van der Waals surface area contributed by atoms with E-state index in [0.29, 0.717) is 29.1 Å². The van der Waals surface area contributed by atoms with Crippen molar-refractivity contribution in [2.45, 2.75) is 27.2 Å². The summed E-state index contributed by atoms with van der Waals surface area (Å²) in [6.45, 7) is 8.07. The highest BCUT2D eigenvalue weighted by Crippen LogP contribution is 2.60. The van der Waals surface area contributed by atoms with E-state index in [1.54, 1.807) is 0 Å². The Hall–Kier alpha value is -0.570. The molecular weight excluding hydrogens is 200 g/mol. The second-order valence-electron chi connectivity index (χ2n) is 6.45. The molecule has 0 aromatic heterocycles. The maximum Gasteiger partial charge on any atom is 0.0651 e. The van der Waals surface area contributed by atoms with Crippen LogP contribution in [0.25, 0.3) is 0 Å². The summed E-state index contributed by atoms with van der Waals surface area (Å²) >= 11 is 0. The van der Waals surface area contributed by atoms with Crippen LogP contribution in [0.15, 0.2) is 5.16 Å². The van der Waals surface area contributed by atoms with Gasteiger partial charge in [-0.25, -0.2) is 0 Å². The van der Waals surface area contributed by atoms with Gasteiger partial charge in [-0.15, -0.1) is 0 Å². The van der Waals surface area contributed by atoms with Crippen molar-refractivity contribution in [1.82, 2.24) is 4.90 Å². The van der Waals surface area contributed by atoms with E-state index in [0.717, 1.165) is 12.3 Å². The lowest BCUT2D eigenvalue weighted by molar-refractivity contribution is 0.128. The second-order valence-corrected chi connectivity index (χ2v) is 6.45. The normalized spacial score (nSPS) is 43.5. The Bertz CT molecular complexity index is 309. The van der Waals surface area contributed by atoms with Crippen molar-refractivity contribution < 1.29 is 5.21 Å². The Kier molecular flexibility index (Phi) is 2.77. The standard InChI is InChI=1S/C13H24N2O/c1-8-9-6-11(13(8,2)3)10(7-15(4)5)12(9)14-16/h8-11,16H,6-7H2,1-5H3/b14-12-/t8-,9-,10+,11+/m1/s1. The summed E-state index contributed by atoms with van der Waals surface area (Å²) in [6, 6.07) is 0. The predicted octanol–water partition coefficient (Wildman–Crippen LogP) is 2.31. The Morgan fingerprint density at radius 1 is 1.44 bits per heavy atom. The SMILES string of the molecule is C[C@@H]1[C@H]2C[C@@H]([C@H](CN(C)C)/C2=N\O)C1(C)C. The molecule has 2 rings (SSSR count). The third-order valence-corrected chi connectivity index (χ3v) is 5.16. The molecule has 0 aromatic rings. The smallest absolute Gasteiger partial charge is 0.0651 e. The average molecular weight is 224 g/mol. The molecule has 0 spiro atoms.